The first-order chi connectivity index (χ1) is 9.74. The highest BCUT2D eigenvalue weighted by Crippen LogP contribution is 2.18. The number of hydrogen-bond donors (Lipinski definition) is 1. The number of carbonyl (C=O) groups excluding carboxylic acids is 1. The summed E-state index contributed by atoms with van der Waals surface area (Å²) in [5, 5.41) is 5.54. The second kappa shape index (κ2) is 6.03. The molecule has 0 radical (unpaired) electrons. The minimum absolute atomic E-state index is 0.0195. The van der Waals surface area contributed by atoms with E-state index in [0.717, 1.165) is 18.0 Å². The maximum absolute atomic E-state index is 12.4. The van der Waals surface area contributed by atoms with E-state index >= 15 is 0 Å². The van der Waals surface area contributed by atoms with E-state index in [-0.39, 0.29) is 5.91 Å². The molecule has 0 aliphatic carbocycles. The summed E-state index contributed by atoms with van der Waals surface area (Å²) in [6.45, 7) is 2.71. The molecule has 1 N–H and O–H groups in total. The van der Waals surface area contributed by atoms with Crippen LogP contribution < -0.4 is 5.32 Å². The van der Waals surface area contributed by atoms with Gasteiger partial charge in [0.1, 0.15) is 5.70 Å². The lowest BCUT2D eigenvalue weighted by molar-refractivity contribution is -0.123. The van der Waals surface area contributed by atoms with Gasteiger partial charge in [-0.15, -0.1) is 11.3 Å². The highest BCUT2D eigenvalue weighted by molar-refractivity contribution is 7.80. The fourth-order valence-corrected chi connectivity index (χ4v) is 3.42. The van der Waals surface area contributed by atoms with Gasteiger partial charge in [0.15, 0.2) is 5.11 Å². The van der Waals surface area contributed by atoms with Crippen LogP contribution in [0.5, 0.6) is 0 Å². The van der Waals surface area contributed by atoms with Crippen LogP contribution in [0.2, 0.25) is 0 Å². The molecule has 2 fully saturated rings. The fourth-order valence-electron chi connectivity index (χ4n) is 2.52. The summed E-state index contributed by atoms with van der Waals surface area (Å²) < 4.78 is 0. The Morgan fingerprint density at radius 2 is 2.15 bits per heavy atom. The molecule has 1 amide bonds. The molecule has 1 aromatic rings. The van der Waals surface area contributed by atoms with E-state index in [1.807, 2.05) is 23.6 Å². The predicted molar refractivity (Wildman–Crippen MR) is 85.2 cm³/mol. The van der Waals surface area contributed by atoms with Gasteiger partial charge in [-0.25, -0.2) is 0 Å². The summed E-state index contributed by atoms with van der Waals surface area (Å²) in [4.78, 5) is 17.4. The van der Waals surface area contributed by atoms with Crippen LogP contribution >= 0.6 is 23.6 Å². The van der Waals surface area contributed by atoms with E-state index in [2.05, 4.69) is 10.2 Å². The second-order valence-corrected chi connectivity index (χ2v) is 6.42. The van der Waals surface area contributed by atoms with E-state index < -0.39 is 0 Å². The third-order valence-electron chi connectivity index (χ3n) is 3.58. The lowest BCUT2D eigenvalue weighted by Gasteiger charge is -2.29. The number of amides is 1. The summed E-state index contributed by atoms with van der Waals surface area (Å²) >= 11 is 6.90. The normalized spacial score (nSPS) is 22.6. The van der Waals surface area contributed by atoms with Crippen LogP contribution in [0.1, 0.15) is 24.1 Å². The Hall–Kier alpha value is -1.24. The number of thiocarbonyl (C=S) groups is 1. The molecule has 2 aliphatic rings. The maximum atomic E-state index is 12.4. The molecule has 0 atom stereocenters. The van der Waals surface area contributed by atoms with Crippen molar-refractivity contribution in [2.75, 3.05) is 19.8 Å². The average Bonchev–Trinajstić information content (AvgIpc) is 3.05. The minimum Gasteiger partial charge on any atom is -0.328 e. The van der Waals surface area contributed by atoms with Crippen molar-refractivity contribution in [2.45, 2.75) is 19.3 Å². The standard InChI is InChI=1S/C14H17N3OS2/c18-13-12(9-11-5-4-8-20-11)15-14(19)17(13)10-16-6-2-1-3-7-16/h4-5,8-9H,1-3,6-7,10H2,(H,15,19)/b12-9-. The molecular weight excluding hydrogens is 290 g/mol. The van der Waals surface area contributed by atoms with Gasteiger partial charge in [-0.1, -0.05) is 12.5 Å². The predicted octanol–water partition coefficient (Wildman–Crippen LogP) is 2.25. The molecule has 0 bridgehead atoms. The molecule has 0 unspecified atom stereocenters. The summed E-state index contributed by atoms with van der Waals surface area (Å²) in [7, 11) is 0. The summed E-state index contributed by atoms with van der Waals surface area (Å²) in [6.07, 6.45) is 5.58. The quantitative estimate of drug-likeness (QED) is 0.686. The topological polar surface area (TPSA) is 35.6 Å². The van der Waals surface area contributed by atoms with Crippen molar-refractivity contribution in [2.24, 2.45) is 0 Å². The molecule has 4 nitrogen and oxygen atoms in total. The molecule has 6 heteroatoms. The van der Waals surface area contributed by atoms with Gasteiger partial charge >= 0.3 is 0 Å². The molecule has 3 rings (SSSR count). The molecule has 20 heavy (non-hydrogen) atoms. The number of hydrogen-bond acceptors (Lipinski definition) is 4. The lowest BCUT2D eigenvalue weighted by Crippen LogP contribution is -2.43. The number of piperidine rings is 1. The number of nitrogens with one attached hydrogen (secondary N) is 1. The molecule has 1 aromatic heterocycles. The Labute approximate surface area is 128 Å². The van der Waals surface area contributed by atoms with Gasteiger partial charge in [-0.3, -0.25) is 14.6 Å². The number of rotatable bonds is 3. The van der Waals surface area contributed by atoms with Gasteiger partial charge in [-0.05, 0) is 55.7 Å². The zero-order valence-corrected chi connectivity index (χ0v) is 12.8. The first-order valence-electron chi connectivity index (χ1n) is 6.84. The Morgan fingerprint density at radius 3 is 2.85 bits per heavy atom. The Bertz CT molecular complexity index is 533. The largest absolute Gasteiger partial charge is 0.328 e. The number of carbonyl (C=O) groups is 1. The van der Waals surface area contributed by atoms with Gasteiger partial charge in [0.05, 0.1) is 6.67 Å². The van der Waals surface area contributed by atoms with Crippen molar-refractivity contribution in [3.63, 3.8) is 0 Å². The molecule has 0 aromatic carbocycles. The lowest BCUT2D eigenvalue weighted by atomic mass is 10.1. The zero-order valence-electron chi connectivity index (χ0n) is 11.2. The molecule has 0 spiro atoms. The van der Waals surface area contributed by atoms with Crippen LogP contribution in [0.3, 0.4) is 0 Å². The van der Waals surface area contributed by atoms with E-state index in [9.17, 15) is 4.79 Å². The third-order valence-corrected chi connectivity index (χ3v) is 4.72. The van der Waals surface area contributed by atoms with Crippen molar-refractivity contribution in [1.82, 2.24) is 15.1 Å². The van der Waals surface area contributed by atoms with Crippen LogP contribution in [0, 0.1) is 0 Å². The molecule has 106 valence electrons. The molecule has 2 saturated heterocycles. The van der Waals surface area contributed by atoms with Crippen molar-refractivity contribution in [1.29, 1.82) is 0 Å². The molecular formula is C14H17N3OS2. The smallest absolute Gasteiger partial charge is 0.277 e. The van der Waals surface area contributed by atoms with Crippen LogP contribution in [0.25, 0.3) is 6.08 Å². The Balaban J connectivity index is 1.70. The van der Waals surface area contributed by atoms with Crippen molar-refractivity contribution >= 4 is 40.7 Å². The highest BCUT2D eigenvalue weighted by Gasteiger charge is 2.32. The van der Waals surface area contributed by atoms with Gasteiger partial charge in [0.2, 0.25) is 0 Å². The summed E-state index contributed by atoms with van der Waals surface area (Å²) in [5.74, 6) is -0.0195. The van der Waals surface area contributed by atoms with E-state index in [0.29, 0.717) is 17.5 Å². The van der Waals surface area contributed by atoms with Gasteiger partial charge < -0.3 is 5.32 Å². The van der Waals surface area contributed by atoms with Crippen LogP contribution in [-0.2, 0) is 4.79 Å². The SMILES string of the molecule is O=C1/C(=C/c2cccs2)NC(=S)N1CN1CCCCC1. The van der Waals surface area contributed by atoms with Crippen LogP contribution in [0.15, 0.2) is 23.2 Å². The minimum atomic E-state index is -0.0195. The summed E-state index contributed by atoms with van der Waals surface area (Å²) in [6, 6.07) is 3.96. The third kappa shape index (κ3) is 2.92. The first-order valence-corrected chi connectivity index (χ1v) is 8.13. The Kier molecular flexibility index (Phi) is 4.14. The molecule has 2 aliphatic heterocycles. The number of nitrogens with zero attached hydrogens (tertiary/aromatic N) is 2. The second-order valence-electron chi connectivity index (χ2n) is 5.06. The maximum Gasteiger partial charge on any atom is 0.277 e. The van der Waals surface area contributed by atoms with E-state index in [1.54, 1.807) is 16.2 Å². The zero-order chi connectivity index (χ0) is 13.9. The van der Waals surface area contributed by atoms with Gasteiger partial charge in [0, 0.05) is 4.88 Å². The monoisotopic (exact) mass is 307 g/mol. The van der Waals surface area contributed by atoms with Crippen molar-refractivity contribution in [3.8, 4) is 0 Å². The summed E-state index contributed by atoms with van der Waals surface area (Å²) in [5.41, 5.74) is 0.578. The van der Waals surface area contributed by atoms with Crippen molar-refractivity contribution in [3.05, 3.63) is 28.1 Å². The molecule has 3 heterocycles. The van der Waals surface area contributed by atoms with E-state index in [1.165, 1.54) is 19.3 Å². The van der Waals surface area contributed by atoms with Gasteiger partial charge in [0.25, 0.3) is 5.91 Å². The van der Waals surface area contributed by atoms with Crippen LogP contribution in [0.4, 0.5) is 0 Å². The van der Waals surface area contributed by atoms with E-state index in [4.69, 9.17) is 12.2 Å². The highest BCUT2D eigenvalue weighted by atomic mass is 32.1. The average molecular weight is 307 g/mol. The Morgan fingerprint density at radius 1 is 1.35 bits per heavy atom. The first kappa shape index (κ1) is 13.7. The number of thiophene rings is 1. The van der Waals surface area contributed by atoms with Crippen molar-refractivity contribution < 1.29 is 4.79 Å². The fraction of sp³-hybridized carbons (Fsp3) is 0.429. The van der Waals surface area contributed by atoms with Crippen LogP contribution in [-0.4, -0.2) is 40.6 Å². The van der Waals surface area contributed by atoms with Gasteiger partial charge in [-0.2, -0.15) is 0 Å². The number of likely N-dealkylation sites (tertiary alicyclic amines) is 1. The molecule has 0 saturated carbocycles.